The van der Waals surface area contributed by atoms with Crippen LogP contribution >= 0.6 is 0 Å². The molecule has 28 rings (SSSR count). The molecule has 0 spiro atoms. The van der Waals surface area contributed by atoms with Crippen molar-refractivity contribution in [3.63, 3.8) is 0 Å². The summed E-state index contributed by atoms with van der Waals surface area (Å²) in [5.74, 6) is 0. The van der Waals surface area contributed by atoms with E-state index in [1.807, 2.05) is 0 Å². The van der Waals surface area contributed by atoms with E-state index in [0.717, 1.165) is 68.2 Å². The third-order valence-electron chi connectivity index (χ3n) is 29.7. The van der Waals surface area contributed by atoms with Crippen molar-refractivity contribution in [3.05, 3.63) is 581 Å². The predicted octanol–water partition coefficient (Wildman–Crippen LogP) is 39.9. The highest BCUT2D eigenvalue weighted by atomic mass is 15.2. The van der Waals surface area contributed by atoms with Crippen molar-refractivity contribution in [2.24, 2.45) is 0 Å². The molecule has 6 heteroatoms. The van der Waals surface area contributed by atoms with Crippen LogP contribution in [0.4, 0.5) is 102 Å². The van der Waals surface area contributed by atoms with Crippen LogP contribution in [0.15, 0.2) is 570 Å². The summed E-state index contributed by atoms with van der Waals surface area (Å²) < 4.78 is 0. The van der Waals surface area contributed by atoms with E-state index in [-0.39, 0.29) is 5.41 Å². The average molecular weight is 1880 g/mol. The number of hydrogen-bond donors (Lipinski definition) is 0. The molecule has 0 N–H and O–H groups in total. The second-order valence-corrected chi connectivity index (χ2v) is 38.6. The van der Waals surface area contributed by atoms with E-state index in [4.69, 9.17) is 0 Å². The first-order chi connectivity index (χ1) is 72.7. The zero-order valence-electron chi connectivity index (χ0n) is 81.5. The lowest BCUT2D eigenvalue weighted by atomic mass is 9.82. The first-order valence-corrected chi connectivity index (χ1v) is 50.7. The maximum atomic E-state index is 2.42. The van der Waals surface area contributed by atoms with Gasteiger partial charge in [0.1, 0.15) is 0 Å². The molecule has 4 aliphatic rings. The van der Waals surface area contributed by atoms with Crippen LogP contribution in [0.3, 0.4) is 0 Å². The summed E-state index contributed by atoms with van der Waals surface area (Å²) in [6, 6.07) is 206. The van der Waals surface area contributed by atoms with E-state index >= 15 is 0 Å². The SMILES string of the molecule is CC1(C)c2ccccc2-c2ccc(N(c3ccc(-c4ccccc4)cc3)c3ccc(N4c5ccccc5-c5cccc6cccc4c56)cc3)cc21.c1ccc(-c2ccc(N(c3ccc(N4c5ccccc5-c5cccc6cccc4c56)cc3)c3cccc(-c4ccccc4)c3)cc2)cc1.c1ccc(-c2ccc(N(c3ccc(N4c5ccccc5-c5cccc6cccc4c56)cc3)c3ccccc3-c3ccccc3)cc2)cc1. The third-order valence-corrected chi connectivity index (χ3v) is 29.7. The minimum atomic E-state index is -0.0897. The van der Waals surface area contributed by atoms with Gasteiger partial charge in [-0.1, -0.05) is 408 Å². The topological polar surface area (TPSA) is 19.4 Å². The molecule has 147 heavy (non-hydrogen) atoms. The Morgan fingerprint density at radius 2 is 0.401 bits per heavy atom. The van der Waals surface area contributed by atoms with Gasteiger partial charge in [0.05, 0.1) is 39.8 Å². The standard InChI is InChI=1S/C49H36N2.2C46H32N2/c1-49(2)44-19-8-6-16-40(44)41-31-30-39(32-45(41)49)50(36-24-22-34(23-25-36)33-12-4-3-5-13-33)37-26-28-38(29-27-37)51-46-20-9-7-17-42(46)43-18-10-14-35-15-11-21-47(51)48(35)43;1-3-13-33(14-4-1)34-25-27-37(28-26-34)47(43-22-9-7-19-40(43)35-15-5-2-6-16-35)38-29-31-39(32-30-38)48-44-23-10-8-20-41(44)42-21-11-17-36-18-12-24-45(48)46(36)42;1-3-12-33(13-4-1)35-24-26-38(27-25-35)47(41-19-9-18-37(32-41)34-14-5-2-6-15-34)39-28-30-40(31-29-39)48-44-22-8-7-20-42(44)43-21-10-16-36-17-11-23-45(48)46(36)43/h3-32H,1-2H3;2*1-32H. The highest BCUT2D eigenvalue weighted by Gasteiger charge is 2.37. The number of para-hydroxylation sites is 4. The second-order valence-electron chi connectivity index (χ2n) is 38.6. The fourth-order valence-electron chi connectivity index (χ4n) is 22.8. The van der Waals surface area contributed by atoms with E-state index in [1.165, 1.54) is 178 Å². The van der Waals surface area contributed by atoms with E-state index in [2.05, 4.69) is 613 Å². The first kappa shape index (κ1) is 88.1. The van der Waals surface area contributed by atoms with Gasteiger partial charge in [0.25, 0.3) is 0 Å². The number of nitrogens with zero attached hydrogens (tertiary/aromatic N) is 6. The number of anilines is 18. The van der Waals surface area contributed by atoms with Crippen LogP contribution in [0.2, 0.25) is 0 Å². The quantitative estimate of drug-likeness (QED) is 0.0899. The summed E-state index contributed by atoms with van der Waals surface area (Å²) >= 11 is 0. The van der Waals surface area contributed by atoms with Crippen LogP contribution in [0.25, 0.3) is 132 Å². The predicted molar refractivity (Wildman–Crippen MR) is 622 cm³/mol. The summed E-state index contributed by atoms with van der Waals surface area (Å²) in [6.45, 7) is 4.70. The van der Waals surface area contributed by atoms with Crippen LogP contribution in [-0.2, 0) is 5.41 Å². The molecule has 0 unspecified atom stereocenters. The Balaban J connectivity index is 0.000000112. The molecule has 1 aliphatic carbocycles. The van der Waals surface area contributed by atoms with Gasteiger partial charge in [0.2, 0.25) is 0 Å². The summed E-state index contributed by atoms with van der Waals surface area (Å²) in [5.41, 5.74) is 45.6. The van der Waals surface area contributed by atoms with Crippen molar-refractivity contribution in [3.8, 4) is 100 Å². The molecular formula is C141H100N6. The molecule has 0 radical (unpaired) electrons. The average Bonchev–Trinajstić information content (AvgIpc) is 1.40. The lowest BCUT2D eigenvalue weighted by Crippen LogP contribution is -2.17. The number of fused-ring (bicyclic) bond motifs is 9. The Kier molecular flexibility index (Phi) is 22.6. The fraction of sp³-hybridized carbons (Fsp3) is 0.0213. The van der Waals surface area contributed by atoms with Crippen molar-refractivity contribution >= 4 is 135 Å². The molecule has 3 aliphatic heterocycles. The largest absolute Gasteiger partial charge is 0.310 e. The van der Waals surface area contributed by atoms with Crippen LogP contribution < -0.4 is 29.4 Å². The van der Waals surface area contributed by atoms with Gasteiger partial charge in [-0.3, -0.25) is 0 Å². The number of hydrogen-bond acceptors (Lipinski definition) is 6. The first-order valence-electron chi connectivity index (χ1n) is 50.7. The monoisotopic (exact) mass is 1880 g/mol. The fourth-order valence-corrected chi connectivity index (χ4v) is 22.8. The Bertz CT molecular complexity index is 9010. The maximum absolute atomic E-state index is 2.42. The Labute approximate surface area is 858 Å². The minimum Gasteiger partial charge on any atom is -0.310 e. The van der Waals surface area contributed by atoms with Crippen molar-refractivity contribution in [2.75, 3.05) is 29.4 Å². The number of benzene rings is 24. The Hall–Kier alpha value is -19.1. The molecule has 0 aromatic heterocycles. The van der Waals surface area contributed by atoms with Crippen molar-refractivity contribution < 1.29 is 0 Å². The molecule has 3 heterocycles. The van der Waals surface area contributed by atoms with Crippen molar-refractivity contribution in [1.82, 2.24) is 0 Å². The van der Waals surface area contributed by atoms with E-state index in [1.54, 1.807) is 0 Å². The van der Waals surface area contributed by atoms with Crippen LogP contribution in [0.5, 0.6) is 0 Å². The zero-order valence-corrected chi connectivity index (χ0v) is 81.5. The van der Waals surface area contributed by atoms with Crippen LogP contribution in [0, 0.1) is 0 Å². The van der Waals surface area contributed by atoms with Crippen molar-refractivity contribution in [2.45, 2.75) is 19.3 Å². The summed E-state index contributed by atoms with van der Waals surface area (Å²) in [7, 11) is 0. The Morgan fingerprint density at radius 3 is 0.782 bits per heavy atom. The molecule has 0 atom stereocenters. The molecule has 0 saturated heterocycles. The second kappa shape index (κ2) is 37.7. The van der Waals surface area contributed by atoms with Gasteiger partial charge in [-0.25, -0.2) is 0 Å². The van der Waals surface area contributed by atoms with Crippen molar-refractivity contribution in [1.29, 1.82) is 0 Å². The lowest BCUT2D eigenvalue weighted by molar-refractivity contribution is 0.660. The van der Waals surface area contributed by atoms with Gasteiger partial charge < -0.3 is 29.4 Å². The number of rotatable bonds is 17. The van der Waals surface area contributed by atoms with Crippen LogP contribution in [0.1, 0.15) is 25.0 Å². The summed E-state index contributed by atoms with van der Waals surface area (Å²) in [4.78, 5) is 14.4. The molecule has 0 bridgehead atoms. The molecule has 0 fully saturated rings. The van der Waals surface area contributed by atoms with Gasteiger partial charge in [-0.05, 0) is 281 Å². The highest BCUT2D eigenvalue weighted by Crippen LogP contribution is 2.58. The van der Waals surface area contributed by atoms with E-state index in [0.29, 0.717) is 0 Å². The van der Waals surface area contributed by atoms with E-state index < -0.39 is 0 Å². The smallest absolute Gasteiger partial charge is 0.0546 e. The highest BCUT2D eigenvalue weighted by molar-refractivity contribution is 6.17. The third kappa shape index (κ3) is 16.1. The Morgan fingerprint density at radius 1 is 0.150 bits per heavy atom. The summed E-state index contributed by atoms with van der Waals surface area (Å²) in [6.07, 6.45) is 0. The molecule has 24 aromatic rings. The molecule has 0 saturated carbocycles. The summed E-state index contributed by atoms with van der Waals surface area (Å²) in [5, 5.41) is 7.64. The molecule has 694 valence electrons. The normalized spacial score (nSPS) is 12.3. The van der Waals surface area contributed by atoms with Crippen LogP contribution in [-0.4, -0.2) is 0 Å². The maximum Gasteiger partial charge on any atom is 0.0546 e. The van der Waals surface area contributed by atoms with Gasteiger partial charge >= 0.3 is 0 Å². The molecular weight excluding hydrogens is 1780 g/mol. The zero-order chi connectivity index (χ0) is 97.8. The van der Waals surface area contributed by atoms with E-state index in [9.17, 15) is 0 Å². The minimum absolute atomic E-state index is 0.0897. The van der Waals surface area contributed by atoms with Gasteiger partial charge in [0.15, 0.2) is 0 Å². The molecule has 6 nitrogen and oxygen atoms in total. The molecule has 0 amide bonds. The lowest BCUT2D eigenvalue weighted by Gasteiger charge is -2.34. The van der Waals surface area contributed by atoms with Gasteiger partial charge in [-0.15, -0.1) is 0 Å². The van der Waals surface area contributed by atoms with Gasteiger partial charge in [0, 0.05) is 106 Å². The molecule has 24 aromatic carbocycles. The van der Waals surface area contributed by atoms with Gasteiger partial charge in [-0.2, -0.15) is 0 Å².